The molecular weight excluding hydrogens is 297 g/mol. The molecule has 0 aliphatic carbocycles. The van der Waals surface area contributed by atoms with Gasteiger partial charge >= 0.3 is 0 Å². The molecule has 0 aliphatic heterocycles. The van der Waals surface area contributed by atoms with Gasteiger partial charge in [-0.3, -0.25) is 4.72 Å². The van der Waals surface area contributed by atoms with E-state index in [4.69, 9.17) is 23.2 Å². The van der Waals surface area contributed by atoms with Crippen molar-refractivity contribution in [2.75, 3.05) is 4.72 Å². The molecule has 0 aliphatic rings. The lowest BCUT2D eigenvalue weighted by Crippen LogP contribution is -2.14. The summed E-state index contributed by atoms with van der Waals surface area (Å²) in [7, 11) is -3.84. The van der Waals surface area contributed by atoms with E-state index < -0.39 is 10.0 Å². The highest BCUT2D eigenvalue weighted by Crippen LogP contribution is 2.24. The summed E-state index contributed by atoms with van der Waals surface area (Å²) in [6.07, 6.45) is 2.69. The monoisotopic (exact) mass is 303 g/mol. The first-order valence-electron chi connectivity index (χ1n) is 4.74. The van der Waals surface area contributed by atoms with Gasteiger partial charge in [-0.1, -0.05) is 35.3 Å². The van der Waals surface area contributed by atoms with Crippen molar-refractivity contribution in [2.24, 2.45) is 0 Å². The normalized spacial score (nSPS) is 11.2. The van der Waals surface area contributed by atoms with Crippen molar-refractivity contribution < 1.29 is 8.42 Å². The van der Waals surface area contributed by atoms with Gasteiger partial charge in [0, 0.05) is 12.4 Å². The van der Waals surface area contributed by atoms with Gasteiger partial charge in [0.05, 0.1) is 5.02 Å². The second-order valence-electron chi connectivity index (χ2n) is 3.23. The van der Waals surface area contributed by atoms with Crippen LogP contribution in [0, 0.1) is 0 Å². The maximum atomic E-state index is 12.1. The fraction of sp³-hybridized carbons (Fsp3) is 0. The smallest absolute Gasteiger partial charge is 0.261 e. The Hall–Kier alpha value is -1.37. The number of nitrogens with zero attached hydrogens (tertiary/aromatic N) is 2. The summed E-state index contributed by atoms with van der Waals surface area (Å²) in [5, 5.41) is 0.0816. The van der Waals surface area contributed by atoms with E-state index in [0.717, 1.165) is 0 Å². The number of hydrogen-bond donors (Lipinski definition) is 1. The molecule has 1 N–H and O–H groups in total. The third-order valence-corrected chi connectivity index (χ3v) is 4.13. The van der Waals surface area contributed by atoms with Crippen molar-refractivity contribution in [3.63, 3.8) is 0 Å². The molecule has 2 aromatic rings. The number of anilines is 1. The van der Waals surface area contributed by atoms with Crippen LogP contribution in [0.2, 0.25) is 10.2 Å². The minimum Gasteiger partial charge on any atom is -0.261 e. The van der Waals surface area contributed by atoms with Crippen molar-refractivity contribution in [3.05, 3.63) is 46.8 Å². The largest absolute Gasteiger partial charge is 0.264 e. The number of benzene rings is 1. The molecule has 8 heteroatoms. The highest BCUT2D eigenvalue weighted by molar-refractivity contribution is 7.92. The average molecular weight is 304 g/mol. The summed E-state index contributed by atoms with van der Waals surface area (Å²) in [6, 6.07) is 6.07. The van der Waals surface area contributed by atoms with Crippen molar-refractivity contribution in [3.8, 4) is 0 Å². The van der Waals surface area contributed by atoms with Crippen LogP contribution in [0.1, 0.15) is 0 Å². The first-order chi connectivity index (χ1) is 8.50. The Bertz CT molecular complexity index is 676. The SMILES string of the molecule is O=S(=O)(Nc1nccnc1Cl)c1ccccc1Cl. The number of nitrogens with one attached hydrogen (secondary N) is 1. The second kappa shape index (κ2) is 5.09. The van der Waals surface area contributed by atoms with Crippen LogP contribution in [0.25, 0.3) is 0 Å². The summed E-state index contributed by atoms with van der Waals surface area (Å²) in [5.74, 6) is -0.0425. The molecule has 18 heavy (non-hydrogen) atoms. The molecule has 0 saturated heterocycles. The topological polar surface area (TPSA) is 72.0 Å². The van der Waals surface area contributed by atoms with Crippen LogP contribution < -0.4 is 4.72 Å². The Labute approximate surface area is 114 Å². The lowest BCUT2D eigenvalue weighted by Gasteiger charge is -2.08. The molecule has 0 amide bonds. The fourth-order valence-electron chi connectivity index (χ4n) is 1.23. The molecule has 0 bridgehead atoms. The Morgan fingerprint density at radius 2 is 1.72 bits per heavy atom. The Balaban J connectivity index is 2.40. The predicted molar refractivity (Wildman–Crippen MR) is 69.3 cm³/mol. The van der Waals surface area contributed by atoms with Crippen LogP contribution >= 0.6 is 23.2 Å². The maximum absolute atomic E-state index is 12.1. The van der Waals surface area contributed by atoms with Gasteiger partial charge in [-0.2, -0.15) is 0 Å². The number of aromatic nitrogens is 2. The third kappa shape index (κ3) is 2.72. The summed E-state index contributed by atoms with van der Waals surface area (Å²) >= 11 is 11.6. The summed E-state index contributed by atoms with van der Waals surface area (Å²) in [6.45, 7) is 0. The van der Waals surface area contributed by atoms with E-state index in [9.17, 15) is 8.42 Å². The van der Waals surface area contributed by atoms with E-state index in [1.807, 2.05) is 0 Å². The van der Waals surface area contributed by atoms with Gasteiger partial charge in [0.25, 0.3) is 10.0 Å². The minimum absolute atomic E-state index is 0.0341. The van der Waals surface area contributed by atoms with Crippen LogP contribution in [0.3, 0.4) is 0 Å². The van der Waals surface area contributed by atoms with Gasteiger partial charge in [0.2, 0.25) is 0 Å². The minimum atomic E-state index is -3.84. The van der Waals surface area contributed by atoms with Crippen molar-refractivity contribution in [2.45, 2.75) is 4.90 Å². The maximum Gasteiger partial charge on any atom is 0.264 e. The molecule has 1 heterocycles. The van der Waals surface area contributed by atoms with Gasteiger partial charge in [-0.25, -0.2) is 18.4 Å². The molecule has 0 unspecified atom stereocenters. The van der Waals surface area contributed by atoms with Crippen LogP contribution in [0.5, 0.6) is 0 Å². The third-order valence-electron chi connectivity index (χ3n) is 2.01. The standard InChI is InChI=1S/C10H7Cl2N3O2S/c11-7-3-1-2-4-8(7)18(16,17)15-10-9(12)13-5-6-14-10/h1-6H,(H,14,15). The molecule has 0 spiro atoms. The lowest BCUT2D eigenvalue weighted by atomic mass is 10.4. The highest BCUT2D eigenvalue weighted by atomic mass is 35.5. The van der Waals surface area contributed by atoms with E-state index in [1.165, 1.54) is 24.5 Å². The van der Waals surface area contributed by atoms with Gasteiger partial charge in [0.1, 0.15) is 4.90 Å². The Kier molecular flexibility index (Phi) is 3.70. The number of sulfonamides is 1. The highest BCUT2D eigenvalue weighted by Gasteiger charge is 2.19. The van der Waals surface area contributed by atoms with E-state index in [0.29, 0.717) is 0 Å². The van der Waals surface area contributed by atoms with Gasteiger partial charge in [0.15, 0.2) is 11.0 Å². The quantitative estimate of drug-likeness (QED) is 0.946. The molecule has 0 saturated carbocycles. The fourth-order valence-corrected chi connectivity index (χ4v) is 2.98. The first kappa shape index (κ1) is 13.1. The van der Waals surface area contributed by atoms with Crippen molar-refractivity contribution in [1.82, 2.24) is 9.97 Å². The van der Waals surface area contributed by atoms with Crippen LogP contribution in [0.15, 0.2) is 41.6 Å². The molecule has 0 atom stereocenters. The van der Waals surface area contributed by atoms with Crippen molar-refractivity contribution in [1.29, 1.82) is 0 Å². The van der Waals surface area contributed by atoms with E-state index in [1.54, 1.807) is 12.1 Å². The zero-order valence-corrected chi connectivity index (χ0v) is 11.2. The molecule has 1 aromatic heterocycles. The number of rotatable bonds is 3. The molecule has 94 valence electrons. The van der Waals surface area contributed by atoms with Gasteiger partial charge in [-0.05, 0) is 12.1 Å². The van der Waals surface area contributed by atoms with Crippen LogP contribution in [-0.4, -0.2) is 18.4 Å². The van der Waals surface area contributed by atoms with Crippen molar-refractivity contribution >= 4 is 39.0 Å². The first-order valence-corrected chi connectivity index (χ1v) is 6.98. The molecule has 0 radical (unpaired) electrons. The van der Waals surface area contributed by atoms with E-state index in [-0.39, 0.29) is 20.9 Å². The van der Waals surface area contributed by atoms with Crippen LogP contribution in [0.4, 0.5) is 5.82 Å². The molecule has 2 rings (SSSR count). The summed E-state index contributed by atoms with van der Waals surface area (Å²) in [4.78, 5) is 7.47. The lowest BCUT2D eigenvalue weighted by molar-refractivity contribution is 0.601. The summed E-state index contributed by atoms with van der Waals surface area (Å²) in [5.41, 5.74) is 0. The zero-order valence-electron chi connectivity index (χ0n) is 8.84. The number of hydrogen-bond acceptors (Lipinski definition) is 4. The van der Waals surface area contributed by atoms with Gasteiger partial charge < -0.3 is 0 Å². The molecular formula is C10H7Cl2N3O2S. The predicted octanol–water partition coefficient (Wildman–Crippen LogP) is 2.58. The zero-order chi connectivity index (χ0) is 13.2. The molecule has 0 fully saturated rings. The Morgan fingerprint density at radius 3 is 2.39 bits per heavy atom. The summed E-state index contributed by atoms with van der Waals surface area (Å²) < 4.78 is 26.3. The van der Waals surface area contributed by atoms with E-state index >= 15 is 0 Å². The van der Waals surface area contributed by atoms with Crippen LogP contribution in [-0.2, 0) is 10.0 Å². The Morgan fingerprint density at radius 1 is 1.06 bits per heavy atom. The average Bonchev–Trinajstić information content (AvgIpc) is 2.32. The number of halogens is 2. The second-order valence-corrected chi connectivity index (χ2v) is 5.65. The van der Waals surface area contributed by atoms with E-state index in [2.05, 4.69) is 14.7 Å². The van der Waals surface area contributed by atoms with Gasteiger partial charge in [-0.15, -0.1) is 0 Å². The molecule has 1 aromatic carbocycles. The molecule has 5 nitrogen and oxygen atoms in total.